The van der Waals surface area contributed by atoms with Crippen molar-refractivity contribution in [2.45, 2.75) is 70.5 Å². The number of allylic oxidation sites excluding steroid dienone is 1. The third kappa shape index (κ3) is 2.74. The average molecular weight is 320 g/mol. The van der Waals surface area contributed by atoms with Crippen molar-refractivity contribution in [3.8, 4) is 0 Å². The van der Waals surface area contributed by atoms with E-state index in [-0.39, 0.29) is 29.7 Å². The van der Waals surface area contributed by atoms with E-state index >= 15 is 0 Å². The van der Waals surface area contributed by atoms with Gasteiger partial charge < -0.3 is 14.7 Å². The zero-order valence-electron chi connectivity index (χ0n) is 14.4. The molecule has 0 aromatic heterocycles. The molecule has 5 atom stereocenters. The molecule has 0 bridgehead atoms. The lowest BCUT2D eigenvalue weighted by Gasteiger charge is -2.34. The molecule has 3 rings (SSSR count). The van der Waals surface area contributed by atoms with Gasteiger partial charge in [0.25, 0.3) is 0 Å². The van der Waals surface area contributed by atoms with Crippen LogP contribution in [0.3, 0.4) is 0 Å². The summed E-state index contributed by atoms with van der Waals surface area (Å²) in [6.45, 7) is 4.39. The van der Waals surface area contributed by atoms with E-state index in [1.807, 2.05) is 6.21 Å². The lowest BCUT2D eigenvalue weighted by molar-refractivity contribution is -0.138. The van der Waals surface area contributed by atoms with Crippen molar-refractivity contribution in [3.05, 3.63) is 11.5 Å². The topological polar surface area (TPSA) is 62.1 Å². The number of rotatable bonds is 4. The molecule has 5 nitrogen and oxygen atoms in total. The van der Waals surface area contributed by atoms with Gasteiger partial charge in [0, 0.05) is 25.1 Å². The highest BCUT2D eigenvalue weighted by atomic mass is 16.5. The zero-order valence-corrected chi connectivity index (χ0v) is 14.4. The third-order valence-corrected chi connectivity index (χ3v) is 5.74. The van der Waals surface area contributed by atoms with Crippen LogP contribution in [-0.2, 0) is 9.53 Å². The summed E-state index contributed by atoms with van der Waals surface area (Å²) in [5.41, 5.74) is 0. The van der Waals surface area contributed by atoms with E-state index in [0.717, 1.165) is 19.3 Å². The highest BCUT2D eigenvalue weighted by molar-refractivity contribution is 5.86. The van der Waals surface area contributed by atoms with Crippen LogP contribution in [-0.4, -0.2) is 47.4 Å². The van der Waals surface area contributed by atoms with Gasteiger partial charge in [0.15, 0.2) is 0 Å². The molecule has 1 aliphatic carbocycles. The van der Waals surface area contributed by atoms with Crippen LogP contribution in [0.4, 0.5) is 0 Å². The lowest BCUT2D eigenvalue weighted by atomic mass is 9.85. The Bertz CT molecular complexity index is 528. The fourth-order valence-electron chi connectivity index (χ4n) is 4.64. The second kappa shape index (κ2) is 6.54. The van der Waals surface area contributed by atoms with Crippen molar-refractivity contribution in [1.29, 1.82) is 0 Å². The minimum atomic E-state index is -0.198. The van der Waals surface area contributed by atoms with Gasteiger partial charge in [-0.15, -0.1) is 0 Å². The summed E-state index contributed by atoms with van der Waals surface area (Å²) in [5.74, 6) is 1.38. The van der Waals surface area contributed by atoms with Crippen LogP contribution in [0.2, 0.25) is 0 Å². The fraction of sp³-hybridized carbons (Fsp3) is 0.778. The molecule has 128 valence electrons. The number of methoxy groups -OCH3 is 1. The Morgan fingerprint density at radius 3 is 2.83 bits per heavy atom. The molecule has 0 radical (unpaired) electrons. The number of ether oxygens (including phenoxy) is 1. The number of nitrogens with zero attached hydrogens (tertiary/aromatic N) is 2. The monoisotopic (exact) mass is 320 g/mol. The van der Waals surface area contributed by atoms with E-state index in [0.29, 0.717) is 30.6 Å². The number of carbonyl (C=O) groups excluding carboxylic acids is 1. The summed E-state index contributed by atoms with van der Waals surface area (Å²) in [4.78, 5) is 20.0. The lowest BCUT2D eigenvalue weighted by Crippen LogP contribution is -2.47. The first-order chi connectivity index (χ1) is 11.1. The molecule has 0 aromatic carbocycles. The smallest absolute Gasteiger partial charge is 0.229 e. The molecule has 2 aliphatic heterocycles. The summed E-state index contributed by atoms with van der Waals surface area (Å²) in [6.07, 6.45) is 7.20. The van der Waals surface area contributed by atoms with Crippen LogP contribution in [0.1, 0.15) is 52.4 Å². The van der Waals surface area contributed by atoms with Gasteiger partial charge in [0.05, 0.1) is 25.1 Å². The van der Waals surface area contributed by atoms with Gasteiger partial charge in [-0.25, -0.2) is 0 Å². The Kier molecular flexibility index (Phi) is 4.64. The van der Waals surface area contributed by atoms with Crippen molar-refractivity contribution in [1.82, 2.24) is 4.90 Å². The molecule has 0 spiro atoms. The van der Waals surface area contributed by atoms with E-state index in [4.69, 9.17) is 4.74 Å². The second-order valence-electron chi connectivity index (χ2n) is 7.03. The molecule has 4 unspecified atom stereocenters. The van der Waals surface area contributed by atoms with Gasteiger partial charge in [-0.1, -0.05) is 20.3 Å². The Balaban J connectivity index is 1.88. The number of aliphatic imine (C=N–C) groups is 1. The van der Waals surface area contributed by atoms with Crippen molar-refractivity contribution in [3.63, 3.8) is 0 Å². The van der Waals surface area contributed by atoms with Gasteiger partial charge in [-0.3, -0.25) is 9.79 Å². The molecular formula is C18H28N2O3. The second-order valence-corrected chi connectivity index (χ2v) is 7.03. The van der Waals surface area contributed by atoms with Crippen LogP contribution in [0.25, 0.3) is 0 Å². The van der Waals surface area contributed by atoms with Gasteiger partial charge >= 0.3 is 0 Å². The zero-order chi connectivity index (χ0) is 16.6. The number of amides is 1. The highest BCUT2D eigenvalue weighted by Crippen LogP contribution is 2.40. The predicted octanol–water partition coefficient (Wildman–Crippen LogP) is 3.06. The first-order valence-electron chi connectivity index (χ1n) is 8.91. The van der Waals surface area contributed by atoms with Gasteiger partial charge in [-0.2, -0.15) is 0 Å². The van der Waals surface area contributed by atoms with Crippen LogP contribution < -0.4 is 0 Å². The Morgan fingerprint density at radius 1 is 1.39 bits per heavy atom. The summed E-state index contributed by atoms with van der Waals surface area (Å²) < 4.78 is 5.27. The number of carbonyl (C=O) groups is 1. The number of aliphatic hydroxyl groups excluding tert-OH is 1. The van der Waals surface area contributed by atoms with Crippen LogP contribution >= 0.6 is 0 Å². The fourth-order valence-corrected chi connectivity index (χ4v) is 4.64. The summed E-state index contributed by atoms with van der Waals surface area (Å²) >= 11 is 0. The van der Waals surface area contributed by atoms with Crippen molar-refractivity contribution >= 4 is 12.1 Å². The Morgan fingerprint density at radius 2 is 2.17 bits per heavy atom. The van der Waals surface area contributed by atoms with Crippen molar-refractivity contribution < 1.29 is 14.6 Å². The number of hydrogen-bond acceptors (Lipinski definition) is 4. The molecular weight excluding hydrogens is 292 g/mol. The minimum absolute atomic E-state index is 0.128. The number of fused-ring (bicyclic) bond motifs is 2. The third-order valence-electron chi connectivity index (χ3n) is 5.74. The summed E-state index contributed by atoms with van der Waals surface area (Å²) in [6, 6.07) is 0.306. The van der Waals surface area contributed by atoms with Gasteiger partial charge in [-0.05, 0) is 25.2 Å². The van der Waals surface area contributed by atoms with E-state index in [9.17, 15) is 9.90 Å². The normalized spacial score (nSPS) is 36.7. The summed E-state index contributed by atoms with van der Waals surface area (Å²) in [7, 11) is 1.56. The van der Waals surface area contributed by atoms with Crippen LogP contribution in [0.5, 0.6) is 0 Å². The molecule has 1 N–H and O–H groups in total. The molecule has 1 amide bonds. The standard InChI is InChI=1S/C18H28N2O3/c1-4-6-11-7-12-10-19-14-9-16(21)17(23-3)8-13(14)18(22)20(12)15(11)5-2/h10-15,21H,4-9H2,1-3H3/t11?,12-,13?,14?,15?/m0/s1. The number of aliphatic hydroxyl groups is 1. The molecule has 5 heteroatoms. The van der Waals surface area contributed by atoms with Gasteiger partial charge in [0.1, 0.15) is 11.5 Å². The maximum atomic E-state index is 13.2. The predicted molar refractivity (Wildman–Crippen MR) is 89.4 cm³/mol. The molecule has 1 saturated heterocycles. The molecule has 3 aliphatic rings. The average Bonchev–Trinajstić information content (AvgIpc) is 2.84. The van der Waals surface area contributed by atoms with Crippen molar-refractivity contribution in [2.75, 3.05) is 7.11 Å². The first-order valence-corrected chi connectivity index (χ1v) is 8.91. The SMILES string of the molecule is CCCC1C[C@H]2C=NC3CC(O)=C(OC)CC3C(=O)N2C1CC. The van der Waals surface area contributed by atoms with E-state index in [1.54, 1.807) is 7.11 Å². The number of hydrogen-bond donors (Lipinski definition) is 1. The minimum Gasteiger partial charge on any atom is -0.509 e. The Hall–Kier alpha value is -1.52. The van der Waals surface area contributed by atoms with E-state index in [2.05, 4.69) is 23.7 Å². The van der Waals surface area contributed by atoms with E-state index in [1.165, 1.54) is 6.42 Å². The quantitative estimate of drug-likeness (QED) is 0.866. The molecule has 1 fully saturated rings. The first kappa shape index (κ1) is 16.3. The van der Waals surface area contributed by atoms with Crippen LogP contribution in [0, 0.1) is 11.8 Å². The molecule has 23 heavy (non-hydrogen) atoms. The van der Waals surface area contributed by atoms with E-state index < -0.39 is 0 Å². The largest absolute Gasteiger partial charge is 0.509 e. The Labute approximate surface area is 138 Å². The maximum absolute atomic E-state index is 13.2. The molecule has 0 saturated carbocycles. The molecule has 0 aromatic rings. The van der Waals surface area contributed by atoms with Crippen LogP contribution in [0.15, 0.2) is 16.5 Å². The maximum Gasteiger partial charge on any atom is 0.229 e. The highest BCUT2D eigenvalue weighted by Gasteiger charge is 2.48. The molecule has 2 heterocycles. The van der Waals surface area contributed by atoms with Crippen molar-refractivity contribution in [2.24, 2.45) is 16.8 Å². The summed E-state index contributed by atoms with van der Waals surface area (Å²) in [5, 5.41) is 10.1. The van der Waals surface area contributed by atoms with Gasteiger partial charge in [0.2, 0.25) is 5.91 Å².